The molecule has 82 valence electrons. The lowest BCUT2D eigenvalue weighted by atomic mass is 9.95. The van der Waals surface area contributed by atoms with E-state index < -0.39 is 12.0 Å². The molecule has 4 nitrogen and oxygen atoms in total. The van der Waals surface area contributed by atoms with E-state index in [1.54, 1.807) is 0 Å². The summed E-state index contributed by atoms with van der Waals surface area (Å²) in [6, 6.07) is -0.739. The Balaban J connectivity index is 4.21. The van der Waals surface area contributed by atoms with E-state index in [9.17, 15) is 9.59 Å². The third kappa shape index (κ3) is 4.84. The number of rotatable bonds is 6. The van der Waals surface area contributed by atoms with E-state index in [0.717, 1.165) is 12.8 Å². The van der Waals surface area contributed by atoms with Crippen molar-refractivity contribution in [1.82, 2.24) is 5.32 Å². The van der Waals surface area contributed by atoms with Crippen LogP contribution in [0.4, 0.5) is 0 Å². The lowest BCUT2D eigenvalue weighted by Gasteiger charge is -2.18. The molecule has 0 spiro atoms. The van der Waals surface area contributed by atoms with Gasteiger partial charge in [0.2, 0.25) is 5.91 Å². The Bertz CT molecular complexity index is 200. The van der Waals surface area contributed by atoms with Crippen molar-refractivity contribution >= 4 is 11.9 Å². The van der Waals surface area contributed by atoms with E-state index in [2.05, 4.69) is 5.32 Å². The van der Waals surface area contributed by atoms with Crippen LogP contribution in [0.1, 0.15) is 40.0 Å². The predicted octanol–water partition coefficient (Wildman–Crippen LogP) is 1.40. The van der Waals surface area contributed by atoms with Crippen molar-refractivity contribution in [2.45, 2.75) is 46.1 Å². The second-order valence-electron chi connectivity index (χ2n) is 3.51. The summed E-state index contributed by atoms with van der Waals surface area (Å²) >= 11 is 0. The molecule has 1 atom stereocenters. The molecule has 0 radical (unpaired) electrons. The van der Waals surface area contributed by atoms with Crippen LogP contribution in [0.15, 0.2) is 0 Å². The molecule has 0 rings (SSSR count). The number of hydrogen-bond acceptors (Lipinski definition) is 2. The summed E-state index contributed by atoms with van der Waals surface area (Å²) in [7, 11) is 0. The highest BCUT2D eigenvalue weighted by Crippen LogP contribution is 2.15. The first-order valence-electron chi connectivity index (χ1n) is 5.01. The van der Waals surface area contributed by atoms with E-state index in [1.807, 2.05) is 13.8 Å². The maximum atomic E-state index is 10.8. The smallest absolute Gasteiger partial charge is 0.326 e. The molecule has 14 heavy (non-hydrogen) atoms. The largest absolute Gasteiger partial charge is 0.480 e. The number of amides is 1. The molecular weight excluding hydrogens is 182 g/mol. The summed E-state index contributed by atoms with van der Waals surface area (Å²) in [5.74, 6) is -0.876. The molecule has 4 heteroatoms. The fourth-order valence-corrected chi connectivity index (χ4v) is 1.42. The zero-order valence-electron chi connectivity index (χ0n) is 9.04. The van der Waals surface area contributed by atoms with Crippen LogP contribution in [0.5, 0.6) is 0 Å². The maximum absolute atomic E-state index is 10.8. The number of hydrogen-bond donors (Lipinski definition) is 2. The molecule has 0 aliphatic heterocycles. The van der Waals surface area contributed by atoms with Gasteiger partial charge in [0, 0.05) is 6.92 Å². The summed E-state index contributed by atoms with van der Waals surface area (Å²) in [6.07, 6.45) is 2.40. The number of carboxylic acid groups (broad SMARTS) is 1. The van der Waals surface area contributed by atoms with Crippen molar-refractivity contribution in [1.29, 1.82) is 0 Å². The number of aliphatic carboxylic acids is 1. The van der Waals surface area contributed by atoms with Crippen molar-refractivity contribution in [3.05, 3.63) is 0 Å². The minimum absolute atomic E-state index is 0.289. The number of carbonyl (C=O) groups excluding carboxylic acids is 1. The third-order valence-corrected chi connectivity index (χ3v) is 2.40. The Morgan fingerprint density at radius 2 is 1.79 bits per heavy atom. The Morgan fingerprint density at radius 1 is 1.29 bits per heavy atom. The molecule has 0 aromatic carbocycles. The Labute approximate surface area is 84.7 Å². The summed E-state index contributed by atoms with van der Waals surface area (Å²) in [5, 5.41) is 11.3. The summed E-state index contributed by atoms with van der Waals surface area (Å²) in [4.78, 5) is 21.5. The molecule has 1 amide bonds. The van der Waals surface area contributed by atoms with Gasteiger partial charge in [-0.3, -0.25) is 4.79 Å². The van der Waals surface area contributed by atoms with Crippen LogP contribution in [-0.2, 0) is 9.59 Å². The highest BCUT2D eigenvalue weighted by molar-refractivity contribution is 5.81. The van der Waals surface area contributed by atoms with E-state index in [0.29, 0.717) is 12.3 Å². The van der Waals surface area contributed by atoms with Gasteiger partial charge in [0.15, 0.2) is 0 Å². The number of carbonyl (C=O) groups is 2. The van der Waals surface area contributed by atoms with E-state index in [4.69, 9.17) is 5.11 Å². The van der Waals surface area contributed by atoms with Gasteiger partial charge in [-0.25, -0.2) is 4.79 Å². The minimum Gasteiger partial charge on any atom is -0.480 e. The van der Waals surface area contributed by atoms with Gasteiger partial charge in [0.05, 0.1) is 0 Å². The van der Waals surface area contributed by atoms with E-state index in [1.165, 1.54) is 6.92 Å². The van der Waals surface area contributed by atoms with Gasteiger partial charge in [-0.2, -0.15) is 0 Å². The first-order valence-corrected chi connectivity index (χ1v) is 5.01. The standard InChI is InChI=1S/C10H19NO3/c1-4-8(5-2)6-9(10(13)14)11-7(3)12/h8-9H,4-6H2,1-3H3,(H,11,12)(H,13,14). The molecule has 0 saturated heterocycles. The Hall–Kier alpha value is -1.06. The normalized spacial score (nSPS) is 12.6. The van der Waals surface area contributed by atoms with Crippen LogP contribution in [0.25, 0.3) is 0 Å². The molecule has 0 aliphatic carbocycles. The topological polar surface area (TPSA) is 66.4 Å². The highest BCUT2D eigenvalue weighted by atomic mass is 16.4. The van der Waals surface area contributed by atoms with Crippen LogP contribution >= 0.6 is 0 Å². The molecule has 0 aromatic rings. The molecule has 0 aliphatic rings. The fraction of sp³-hybridized carbons (Fsp3) is 0.800. The average Bonchev–Trinajstić information content (AvgIpc) is 2.11. The molecule has 0 fully saturated rings. The molecule has 0 aromatic heterocycles. The molecular formula is C10H19NO3. The van der Waals surface area contributed by atoms with Crippen molar-refractivity contribution in [3.63, 3.8) is 0 Å². The second-order valence-corrected chi connectivity index (χ2v) is 3.51. The Morgan fingerprint density at radius 3 is 2.07 bits per heavy atom. The third-order valence-electron chi connectivity index (χ3n) is 2.40. The van der Waals surface area contributed by atoms with Gasteiger partial charge in [-0.1, -0.05) is 26.7 Å². The zero-order chi connectivity index (χ0) is 11.1. The monoisotopic (exact) mass is 201 g/mol. The van der Waals surface area contributed by atoms with Crippen LogP contribution in [-0.4, -0.2) is 23.0 Å². The predicted molar refractivity (Wildman–Crippen MR) is 53.9 cm³/mol. The maximum Gasteiger partial charge on any atom is 0.326 e. The van der Waals surface area contributed by atoms with Crippen LogP contribution < -0.4 is 5.32 Å². The quantitative estimate of drug-likeness (QED) is 0.682. The fourth-order valence-electron chi connectivity index (χ4n) is 1.42. The first-order chi connectivity index (χ1) is 6.51. The van der Waals surface area contributed by atoms with Gasteiger partial charge in [0.25, 0.3) is 0 Å². The van der Waals surface area contributed by atoms with Crippen molar-refractivity contribution < 1.29 is 14.7 Å². The van der Waals surface area contributed by atoms with Crippen molar-refractivity contribution in [2.75, 3.05) is 0 Å². The van der Waals surface area contributed by atoms with Crippen LogP contribution in [0.3, 0.4) is 0 Å². The van der Waals surface area contributed by atoms with Crippen LogP contribution in [0.2, 0.25) is 0 Å². The van der Waals surface area contributed by atoms with Gasteiger partial charge in [-0.15, -0.1) is 0 Å². The van der Waals surface area contributed by atoms with Crippen LogP contribution in [0, 0.1) is 5.92 Å². The minimum atomic E-state index is -0.952. The molecule has 0 saturated carbocycles. The summed E-state index contributed by atoms with van der Waals surface area (Å²) in [6.45, 7) is 5.39. The molecule has 1 unspecified atom stereocenters. The lowest BCUT2D eigenvalue weighted by molar-refractivity contribution is -0.142. The molecule has 2 N–H and O–H groups in total. The van der Waals surface area contributed by atoms with Gasteiger partial charge >= 0.3 is 5.97 Å². The molecule has 0 bridgehead atoms. The average molecular weight is 201 g/mol. The second kappa shape index (κ2) is 6.40. The summed E-state index contributed by atoms with van der Waals surface area (Å²) < 4.78 is 0. The number of nitrogens with one attached hydrogen (secondary N) is 1. The summed E-state index contributed by atoms with van der Waals surface area (Å²) in [5.41, 5.74) is 0. The first kappa shape index (κ1) is 12.9. The van der Waals surface area contributed by atoms with E-state index >= 15 is 0 Å². The zero-order valence-corrected chi connectivity index (χ0v) is 9.04. The van der Waals surface area contributed by atoms with Gasteiger partial charge in [0.1, 0.15) is 6.04 Å². The number of carboxylic acids is 1. The van der Waals surface area contributed by atoms with E-state index in [-0.39, 0.29) is 5.91 Å². The highest BCUT2D eigenvalue weighted by Gasteiger charge is 2.21. The SMILES string of the molecule is CCC(CC)CC(NC(C)=O)C(=O)O. The molecule has 0 heterocycles. The van der Waals surface area contributed by atoms with Crippen molar-refractivity contribution in [3.8, 4) is 0 Å². The van der Waals surface area contributed by atoms with Crippen molar-refractivity contribution in [2.24, 2.45) is 5.92 Å². The van der Waals surface area contributed by atoms with Gasteiger partial charge in [-0.05, 0) is 12.3 Å². The lowest BCUT2D eigenvalue weighted by Crippen LogP contribution is -2.40. The van der Waals surface area contributed by atoms with Gasteiger partial charge < -0.3 is 10.4 Å². The Kier molecular flexibility index (Phi) is 5.92.